The molecule has 0 aromatic heterocycles. The van der Waals surface area contributed by atoms with Gasteiger partial charge in [0.05, 0.1) is 6.61 Å². The van der Waals surface area contributed by atoms with Gasteiger partial charge in [-0.05, 0) is 31.7 Å². The maximum Gasteiger partial charge on any atom is 0.0584 e. The molecule has 1 aromatic carbocycles. The van der Waals surface area contributed by atoms with Crippen LogP contribution in [-0.4, -0.2) is 29.7 Å². The number of nitrogen functional groups attached to an aromatic ring is 1. The van der Waals surface area contributed by atoms with Gasteiger partial charge in [0.15, 0.2) is 0 Å². The summed E-state index contributed by atoms with van der Waals surface area (Å²) in [7, 11) is 1.95. The Balaban J connectivity index is 2.72. The van der Waals surface area contributed by atoms with Crippen molar-refractivity contribution < 1.29 is 5.11 Å². The Morgan fingerprint density at radius 3 is 2.73 bits per heavy atom. The first kappa shape index (κ1) is 12.3. The molecular weight excluding hydrogens is 212 g/mol. The van der Waals surface area contributed by atoms with E-state index in [4.69, 9.17) is 22.4 Å². The SMILES string of the molecule is CC(CO)N(C)Cc1ccc(Cl)cc1N. The number of benzene rings is 1. The van der Waals surface area contributed by atoms with E-state index in [1.54, 1.807) is 6.07 Å². The van der Waals surface area contributed by atoms with Crippen LogP contribution in [0.15, 0.2) is 18.2 Å². The van der Waals surface area contributed by atoms with Gasteiger partial charge in [0.25, 0.3) is 0 Å². The van der Waals surface area contributed by atoms with Crippen LogP contribution < -0.4 is 5.73 Å². The van der Waals surface area contributed by atoms with Gasteiger partial charge in [0.1, 0.15) is 0 Å². The summed E-state index contributed by atoms with van der Waals surface area (Å²) < 4.78 is 0. The van der Waals surface area contributed by atoms with Crippen molar-refractivity contribution >= 4 is 17.3 Å². The van der Waals surface area contributed by atoms with Gasteiger partial charge in [-0.3, -0.25) is 4.90 Å². The minimum atomic E-state index is 0.125. The number of likely N-dealkylation sites (N-methyl/N-ethyl adjacent to an activating group) is 1. The number of halogens is 1. The Bertz CT molecular complexity index is 330. The number of anilines is 1. The molecule has 1 unspecified atom stereocenters. The van der Waals surface area contributed by atoms with Crippen LogP contribution in [0.2, 0.25) is 5.02 Å². The lowest BCUT2D eigenvalue weighted by atomic mass is 10.1. The number of aliphatic hydroxyl groups is 1. The second-order valence-electron chi connectivity index (χ2n) is 3.79. The summed E-state index contributed by atoms with van der Waals surface area (Å²) in [5.74, 6) is 0. The highest BCUT2D eigenvalue weighted by Crippen LogP contribution is 2.19. The summed E-state index contributed by atoms with van der Waals surface area (Å²) in [6.07, 6.45) is 0. The van der Waals surface area contributed by atoms with Crippen LogP contribution in [-0.2, 0) is 6.54 Å². The maximum atomic E-state index is 9.00. The second-order valence-corrected chi connectivity index (χ2v) is 4.23. The molecule has 0 heterocycles. The van der Waals surface area contributed by atoms with Crippen molar-refractivity contribution in [1.82, 2.24) is 4.90 Å². The molecule has 3 nitrogen and oxygen atoms in total. The average Bonchev–Trinajstić information content (AvgIpc) is 2.20. The summed E-state index contributed by atoms with van der Waals surface area (Å²) in [5, 5.41) is 9.65. The third kappa shape index (κ3) is 3.38. The monoisotopic (exact) mass is 228 g/mol. The van der Waals surface area contributed by atoms with Gasteiger partial charge in [-0.15, -0.1) is 0 Å². The van der Waals surface area contributed by atoms with Crippen LogP contribution in [0.1, 0.15) is 12.5 Å². The van der Waals surface area contributed by atoms with Gasteiger partial charge in [-0.1, -0.05) is 17.7 Å². The molecule has 0 spiro atoms. The molecule has 0 fully saturated rings. The fourth-order valence-electron chi connectivity index (χ4n) is 1.27. The first-order valence-electron chi connectivity index (χ1n) is 4.89. The third-order valence-electron chi connectivity index (χ3n) is 2.54. The summed E-state index contributed by atoms with van der Waals surface area (Å²) in [4.78, 5) is 2.04. The van der Waals surface area contributed by atoms with Crippen molar-refractivity contribution in [2.24, 2.45) is 0 Å². The van der Waals surface area contributed by atoms with Crippen LogP contribution >= 0.6 is 11.6 Å². The average molecular weight is 229 g/mol. The van der Waals surface area contributed by atoms with Gasteiger partial charge in [0, 0.05) is 23.3 Å². The highest BCUT2D eigenvalue weighted by molar-refractivity contribution is 6.30. The topological polar surface area (TPSA) is 49.5 Å². The van der Waals surface area contributed by atoms with Crippen LogP contribution in [0.4, 0.5) is 5.69 Å². The molecule has 0 aliphatic carbocycles. The van der Waals surface area contributed by atoms with Gasteiger partial charge >= 0.3 is 0 Å². The largest absolute Gasteiger partial charge is 0.398 e. The van der Waals surface area contributed by atoms with E-state index in [-0.39, 0.29) is 12.6 Å². The summed E-state index contributed by atoms with van der Waals surface area (Å²) in [6, 6.07) is 5.61. The highest BCUT2D eigenvalue weighted by Gasteiger charge is 2.09. The third-order valence-corrected chi connectivity index (χ3v) is 2.78. The first-order chi connectivity index (χ1) is 7.04. The molecule has 0 saturated carbocycles. The lowest BCUT2D eigenvalue weighted by Crippen LogP contribution is -2.31. The summed E-state index contributed by atoms with van der Waals surface area (Å²) >= 11 is 5.81. The number of nitrogens with two attached hydrogens (primary N) is 1. The number of hydrogen-bond donors (Lipinski definition) is 2. The molecule has 0 bridgehead atoms. The Kier molecular flexibility index (Phi) is 4.39. The molecule has 1 atom stereocenters. The second kappa shape index (κ2) is 5.35. The van der Waals surface area contributed by atoms with E-state index < -0.39 is 0 Å². The maximum absolute atomic E-state index is 9.00. The summed E-state index contributed by atoms with van der Waals surface area (Å²) in [6.45, 7) is 2.82. The molecular formula is C11H17ClN2O. The Morgan fingerprint density at radius 1 is 1.53 bits per heavy atom. The lowest BCUT2D eigenvalue weighted by Gasteiger charge is -2.23. The quantitative estimate of drug-likeness (QED) is 0.772. The molecule has 0 radical (unpaired) electrons. The number of aliphatic hydroxyl groups excluding tert-OH is 1. The van der Waals surface area contributed by atoms with Crippen LogP contribution in [0.3, 0.4) is 0 Å². The van der Waals surface area contributed by atoms with E-state index in [1.165, 1.54) is 0 Å². The van der Waals surface area contributed by atoms with Gasteiger partial charge in [-0.2, -0.15) is 0 Å². The fraction of sp³-hybridized carbons (Fsp3) is 0.455. The summed E-state index contributed by atoms with van der Waals surface area (Å²) in [5.41, 5.74) is 7.56. The van der Waals surface area contributed by atoms with Crippen molar-refractivity contribution in [3.05, 3.63) is 28.8 Å². The number of rotatable bonds is 4. The van der Waals surface area contributed by atoms with Crippen LogP contribution in [0.25, 0.3) is 0 Å². The molecule has 0 aliphatic rings. The van der Waals surface area contributed by atoms with Crippen LogP contribution in [0, 0.1) is 0 Å². The number of hydrogen-bond acceptors (Lipinski definition) is 3. The molecule has 84 valence electrons. The Labute approximate surface area is 95.5 Å². The van der Waals surface area contributed by atoms with Crippen molar-refractivity contribution in [3.8, 4) is 0 Å². The molecule has 0 aliphatic heterocycles. The van der Waals surface area contributed by atoms with Crippen molar-refractivity contribution in [3.63, 3.8) is 0 Å². The molecule has 0 amide bonds. The molecule has 4 heteroatoms. The molecule has 1 aromatic rings. The highest BCUT2D eigenvalue weighted by atomic mass is 35.5. The van der Waals surface area contributed by atoms with E-state index in [0.29, 0.717) is 17.3 Å². The fourth-order valence-corrected chi connectivity index (χ4v) is 1.45. The predicted molar refractivity (Wildman–Crippen MR) is 63.9 cm³/mol. The zero-order chi connectivity index (χ0) is 11.4. The van der Waals surface area contributed by atoms with Gasteiger partial charge in [0.2, 0.25) is 0 Å². The molecule has 15 heavy (non-hydrogen) atoms. The smallest absolute Gasteiger partial charge is 0.0584 e. The Morgan fingerprint density at radius 2 is 2.20 bits per heavy atom. The number of nitrogens with zero attached hydrogens (tertiary/aromatic N) is 1. The van der Waals surface area contributed by atoms with Crippen molar-refractivity contribution in [1.29, 1.82) is 0 Å². The van der Waals surface area contributed by atoms with Gasteiger partial charge in [-0.25, -0.2) is 0 Å². The predicted octanol–water partition coefficient (Wildman–Crippen LogP) is 1.73. The van der Waals surface area contributed by atoms with Crippen molar-refractivity contribution in [2.75, 3.05) is 19.4 Å². The minimum Gasteiger partial charge on any atom is -0.398 e. The van der Waals surface area contributed by atoms with Gasteiger partial charge < -0.3 is 10.8 Å². The zero-order valence-corrected chi connectivity index (χ0v) is 9.83. The molecule has 0 saturated heterocycles. The van der Waals surface area contributed by atoms with E-state index >= 15 is 0 Å². The van der Waals surface area contributed by atoms with Crippen LogP contribution in [0.5, 0.6) is 0 Å². The molecule has 3 N–H and O–H groups in total. The Hall–Kier alpha value is -0.770. The van der Waals surface area contributed by atoms with E-state index in [9.17, 15) is 0 Å². The van der Waals surface area contributed by atoms with E-state index in [0.717, 1.165) is 5.56 Å². The normalized spacial score (nSPS) is 13.1. The molecule has 1 rings (SSSR count). The van der Waals surface area contributed by atoms with E-state index in [1.807, 2.05) is 31.0 Å². The minimum absolute atomic E-state index is 0.125. The van der Waals surface area contributed by atoms with E-state index in [2.05, 4.69) is 0 Å². The zero-order valence-electron chi connectivity index (χ0n) is 9.07. The lowest BCUT2D eigenvalue weighted by molar-refractivity contribution is 0.154. The first-order valence-corrected chi connectivity index (χ1v) is 5.27. The standard InChI is InChI=1S/C11H17ClN2O/c1-8(7-15)14(2)6-9-3-4-10(12)5-11(9)13/h3-5,8,15H,6-7,13H2,1-2H3. The van der Waals surface area contributed by atoms with Crippen molar-refractivity contribution in [2.45, 2.75) is 19.5 Å².